The Hall–Kier alpha value is -1.01. The Balaban J connectivity index is 2.19. The maximum atomic E-state index is 9.60. The molecule has 2 heterocycles. The first kappa shape index (κ1) is 12.4. The third-order valence-electron chi connectivity index (χ3n) is 3.23. The highest BCUT2D eigenvalue weighted by Gasteiger charge is 2.35. The molecule has 4 N–H and O–H groups in total. The lowest BCUT2D eigenvalue weighted by molar-refractivity contribution is 0.0572. The van der Waals surface area contributed by atoms with Crippen molar-refractivity contribution in [2.45, 2.75) is 31.2 Å². The summed E-state index contributed by atoms with van der Waals surface area (Å²) >= 11 is 0. The number of aliphatic hydroxyl groups excluding tert-OH is 2. The number of hydrogen-bond acceptors (Lipinski definition) is 5. The predicted octanol–water partition coefficient (Wildman–Crippen LogP) is -0.493. The molecule has 1 aliphatic heterocycles. The zero-order valence-electron chi connectivity index (χ0n) is 9.90. The molecule has 0 aromatic carbocycles. The van der Waals surface area contributed by atoms with Gasteiger partial charge < -0.3 is 15.9 Å². The summed E-state index contributed by atoms with van der Waals surface area (Å²) in [6.45, 7) is 2.84. The summed E-state index contributed by atoms with van der Waals surface area (Å²) in [6, 6.07) is 3.77. The van der Waals surface area contributed by atoms with Gasteiger partial charge in [-0.3, -0.25) is 9.88 Å². The number of aliphatic hydroxyl groups is 2. The van der Waals surface area contributed by atoms with Crippen LogP contribution in [-0.2, 0) is 0 Å². The van der Waals surface area contributed by atoms with Crippen LogP contribution in [0.5, 0.6) is 0 Å². The van der Waals surface area contributed by atoms with Crippen molar-refractivity contribution in [1.82, 2.24) is 9.88 Å². The molecule has 5 nitrogen and oxygen atoms in total. The van der Waals surface area contributed by atoms with Crippen LogP contribution in [0.2, 0.25) is 0 Å². The van der Waals surface area contributed by atoms with E-state index in [2.05, 4.69) is 4.98 Å². The van der Waals surface area contributed by atoms with Gasteiger partial charge in [0.25, 0.3) is 0 Å². The van der Waals surface area contributed by atoms with Crippen LogP contribution in [0.4, 0.5) is 0 Å². The van der Waals surface area contributed by atoms with E-state index in [9.17, 15) is 10.2 Å². The van der Waals surface area contributed by atoms with Gasteiger partial charge in [-0.05, 0) is 24.6 Å². The van der Waals surface area contributed by atoms with Crippen LogP contribution >= 0.6 is 0 Å². The molecular weight excluding hydrogens is 218 g/mol. The summed E-state index contributed by atoms with van der Waals surface area (Å²) in [4.78, 5) is 6.01. The first-order chi connectivity index (χ1) is 8.09. The quantitative estimate of drug-likeness (QED) is 0.660. The van der Waals surface area contributed by atoms with Crippen molar-refractivity contribution in [3.8, 4) is 0 Å². The van der Waals surface area contributed by atoms with Crippen LogP contribution in [-0.4, -0.2) is 51.4 Å². The van der Waals surface area contributed by atoms with Gasteiger partial charge in [0.2, 0.25) is 0 Å². The van der Waals surface area contributed by atoms with Crippen molar-refractivity contribution in [3.63, 3.8) is 0 Å². The monoisotopic (exact) mass is 237 g/mol. The van der Waals surface area contributed by atoms with Crippen LogP contribution in [0.3, 0.4) is 0 Å². The number of pyridine rings is 1. The van der Waals surface area contributed by atoms with E-state index in [1.165, 1.54) is 0 Å². The fourth-order valence-corrected chi connectivity index (χ4v) is 2.43. The smallest absolute Gasteiger partial charge is 0.0938 e. The van der Waals surface area contributed by atoms with Gasteiger partial charge in [-0.2, -0.15) is 0 Å². The molecule has 1 aliphatic rings. The van der Waals surface area contributed by atoms with Crippen molar-refractivity contribution in [2.75, 3.05) is 13.1 Å². The minimum atomic E-state index is -0.682. The number of hydrogen-bond donors (Lipinski definition) is 3. The van der Waals surface area contributed by atoms with Crippen LogP contribution in [0.25, 0.3) is 0 Å². The molecule has 4 unspecified atom stereocenters. The number of nitrogens with zero attached hydrogens (tertiary/aromatic N) is 2. The zero-order valence-corrected chi connectivity index (χ0v) is 9.90. The molecule has 0 saturated carbocycles. The molecule has 1 saturated heterocycles. The summed E-state index contributed by atoms with van der Waals surface area (Å²) in [5.74, 6) is 0. The Morgan fingerprint density at radius 2 is 1.82 bits per heavy atom. The number of rotatable bonds is 3. The molecule has 4 atom stereocenters. The first-order valence-corrected chi connectivity index (χ1v) is 5.85. The van der Waals surface area contributed by atoms with E-state index in [0.29, 0.717) is 13.1 Å². The summed E-state index contributed by atoms with van der Waals surface area (Å²) < 4.78 is 0. The highest BCUT2D eigenvalue weighted by molar-refractivity contribution is 5.18. The lowest BCUT2D eigenvalue weighted by Gasteiger charge is -2.30. The average molecular weight is 237 g/mol. The molecule has 94 valence electrons. The fraction of sp³-hybridized carbons (Fsp3) is 0.583. The van der Waals surface area contributed by atoms with Gasteiger partial charge in [-0.1, -0.05) is 0 Å². The van der Waals surface area contributed by atoms with Crippen molar-refractivity contribution >= 4 is 0 Å². The SMILES string of the molecule is CC(N)C(c1ccncc1)N1CC(O)C(O)C1. The summed E-state index contributed by atoms with van der Waals surface area (Å²) in [5.41, 5.74) is 7.08. The Labute approximate surface area is 101 Å². The van der Waals surface area contributed by atoms with Gasteiger partial charge in [0.1, 0.15) is 0 Å². The van der Waals surface area contributed by atoms with Crippen molar-refractivity contribution < 1.29 is 10.2 Å². The third kappa shape index (κ3) is 2.63. The topological polar surface area (TPSA) is 82.6 Å². The van der Waals surface area contributed by atoms with Gasteiger partial charge in [0.15, 0.2) is 0 Å². The molecule has 2 rings (SSSR count). The minimum Gasteiger partial charge on any atom is -0.389 e. The third-order valence-corrected chi connectivity index (χ3v) is 3.23. The van der Waals surface area contributed by atoms with E-state index in [1.807, 2.05) is 24.0 Å². The van der Waals surface area contributed by atoms with Crippen LogP contribution in [0.15, 0.2) is 24.5 Å². The highest BCUT2D eigenvalue weighted by Crippen LogP contribution is 2.27. The normalized spacial score (nSPS) is 29.2. The second-order valence-electron chi connectivity index (χ2n) is 4.67. The number of aromatic nitrogens is 1. The number of β-amino-alcohol motifs (C(OH)–C–C–N with tert-alkyl or cyclic N) is 2. The van der Waals surface area contributed by atoms with Gasteiger partial charge in [-0.25, -0.2) is 0 Å². The molecule has 0 aliphatic carbocycles. The van der Waals surface area contributed by atoms with Crippen molar-refractivity contribution in [1.29, 1.82) is 0 Å². The lowest BCUT2D eigenvalue weighted by atomic mass is 10.0. The van der Waals surface area contributed by atoms with Gasteiger partial charge in [0.05, 0.1) is 12.2 Å². The summed E-state index contributed by atoms with van der Waals surface area (Å²) in [7, 11) is 0. The molecule has 0 amide bonds. The van der Waals surface area contributed by atoms with E-state index < -0.39 is 12.2 Å². The van der Waals surface area contributed by atoms with Crippen LogP contribution in [0.1, 0.15) is 18.5 Å². The molecule has 0 bridgehead atoms. The Morgan fingerprint density at radius 1 is 1.29 bits per heavy atom. The number of nitrogens with two attached hydrogens (primary N) is 1. The van der Waals surface area contributed by atoms with E-state index in [0.717, 1.165) is 5.56 Å². The van der Waals surface area contributed by atoms with E-state index in [-0.39, 0.29) is 12.1 Å². The maximum absolute atomic E-state index is 9.60. The molecule has 5 heteroatoms. The minimum absolute atomic E-state index is 0.00444. The average Bonchev–Trinajstić information content (AvgIpc) is 2.60. The molecule has 1 aromatic rings. The Morgan fingerprint density at radius 3 is 2.29 bits per heavy atom. The van der Waals surface area contributed by atoms with Gasteiger partial charge in [-0.15, -0.1) is 0 Å². The standard InChI is InChI=1S/C12H19N3O2/c1-8(13)12(9-2-4-14-5-3-9)15-6-10(16)11(17)7-15/h2-5,8,10-12,16-17H,6-7,13H2,1H3. The second kappa shape index (κ2) is 5.10. The van der Waals surface area contributed by atoms with E-state index >= 15 is 0 Å². The maximum Gasteiger partial charge on any atom is 0.0938 e. The largest absolute Gasteiger partial charge is 0.389 e. The zero-order chi connectivity index (χ0) is 12.4. The predicted molar refractivity (Wildman–Crippen MR) is 64.2 cm³/mol. The fourth-order valence-electron chi connectivity index (χ4n) is 2.43. The first-order valence-electron chi connectivity index (χ1n) is 5.85. The van der Waals surface area contributed by atoms with Gasteiger partial charge in [0, 0.05) is 37.6 Å². The van der Waals surface area contributed by atoms with E-state index in [4.69, 9.17) is 5.73 Å². The summed E-state index contributed by atoms with van der Waals surface area (Å²) in [6.07, 6.45) is 2.09. The molecule has 17 heavy (non-hydrogen) atoms. The number of likely N-dealkylation sites (tertiary alicyclic amines) is 1. The molecular formula is C12H19N3O2. The Kier molecular flexibility index (Phi) is 3.73. The van der Waals surface area contributed by atoms with Gasteiger partial charge >= 0.3 is 0 Å². The van der Waals surface area contributed by atoms with Crippen molar-refractivity contribution in [2.24, 2.45) is 5.73 Å². The molecule has 1 aromatic heterocycles. The lowest BCUT2D eigenvalue weighted by Crippen LogP contribution is -2.39. The summed E-state index contributed by atoms with van der Waals surface area (Å²) in [5, 5.41) is 19.2. The second-order valence-corrected chi connectivity index (χ2v) is 4.67. The van der Waals surface area contributed by atoms with Crippen LogP contribution < -0.4 is 5.73 Å². The molecule has 0 radical (unpaired) electrons. The highest BCUT2D eigenvalue weighted by atomic mass is 16.3. The van der Waals surface area contributed by atoms with Crippen LogP contribution in [0, 0.1) is 0 Å². The van der Waals surface area contributed by atoms with E-state index in [1.54, 1.807) is 12.4 Å². The Bertz CT molecular complexity index is 348. The molecule has 0 spiro atoms. The van der Waals surface area contributed by atoms with Crippen molar-refractivity contribution in [3.05, 3.63) is 30.1 Å². The molecule has 1 fully saturated rings.